The number of carbonyl (C=O) groups excluding carboxylic acids is 2. The van der Waals surface area contributed by atoms with Crippen LogP contribution in [0.25, 0.3) is 0 Å². The molecular formula is C21H25ClO6. The van der Waals surface area contributed by atoms with Gasteiger partial charge in [-0.25, -0.2) is 4.79 Å². The van der Waals surface area contributed by atoms with Crippen LogP contribution in [0, 0.1) is 0 Å². The molecule has 1 aromatic rings. The highest BCUT2D eigenvalue weighted by Crippen LogP contribution is 2.38. The maximum atomic E-state index is 12.7. The maximum Gasteiger partial charge on any atom is 0.342 e. The lowest BCUT2D eigenvalue weighted by Crippen LogP contribution is -2.18. The Bertz CT molecular complexity index is 769. The van der Waals surface area contributed by atoms with E-state index in [0.29, 0.717) is 13.0 Å². The van der Waals surface area contributed by atoms with Gasteiger partial charge < -0.3 is 19.3 Å². The van der Waals surface area contributed by atoms with E-state index in [9.17, 15) is 14.7 Å². The molecule has 6 nitrogen and oxygen atoms in total. The van der Waals surface area contributed by atoms with Crippen molar-refractivity contribution >= 4 is 23.4 Å². The number of phenolic OH excluding ortho intramolecular Hbond substituents is 1. The van der Waals surface area contributed by atoms with E-state index in [1.54, 1.807) is 13.0 Å². The van der Waals surface area contributed by atoms with Gasteiger partial charge in [0.15, 0.2) is 12.6 Å². The summed E-state index contributed by atoms with van der Waals surface area (Å²) in [5.41, 5.74) is 0.0519. The van der Waals surface area contributed by atoms with Crippen LogP contribution in [0.1, 0.15) is 49.0 Å². The number of hydrogen-bond acceptors (Lipinski definition) is 6. The number of hydrogen-bond donors (Lipinski definition) is 1. The molecule has 1 heterocycles. The summed E-state index contributed by atoms with van der Waals surface area (Å²) in [7, 11) is 0. The molecule has 0 bridgehead atoms. The van der Waals surface area contributed by atoms with Crippen molar-refractivity contribution in [2.24, 2.45) is 0 Å². The monoisotopic (exact) mass is 408 g/mol. The first-order valence-corrected chi connectivity index (χ1v) is 9.62. The van der Waals surface area contributed by atoms with Gasteiger partial charge >= 0.3 is 5.97 Å². The highest BCUT2D eigenvalue weighted by atomic mass is 35.5. The van der Waals surface area contributed by atoms with Crippen molar-refractivity contribution in [2.75, 3.05) is 13.4 Å². The molecule has 7 heteroatoms. The number of ether oxygens (including phenoxy) is 3. The van der Waals surface area contributed by atoms with E-state index in [2.05, 4.69) is 0 Å². The van der Waals surface area contributed by atoms with E-state index < -0.39 is 12.1 Å². The van der Waals surface area contributed by atoms with Crippen LogP contribution < -0.4 is 4.74 Å². The van der Waals surface area contributed by atoms with E-state index in [0.717, 1.165) is 12.8 Å². The molecule has 1 N–H and O–H groups in total. The SMILES string of the molecule is CCOCOc1cc(O)c2c(c1Cl)CC(=O)/C=C/CC/C=C/C[C@@H](C)OC2=O. The van der Waals surface area contributed by atoms with Crippen LogP contribution in [0.4, 0.5) is 0 Å². The standard InChI is InChI=1S/C21H25ClO6/c1-3-26-13-27-18-12-17(24)19-16(20(18)22)11-15(23)10-8-6-4-5-7-9-14(2)28-21(19)25/h5,7-8,10,12,14,24H,3-4,6,9,11,13H2,1-2H3/b7-5+,10-8+/t14-/m1/s1. The lowest BCUT2D eigenvalue weighted by molar-refractivity contribution is -0.114. The van der Waals surface area contributed by atoms with E-state index in [1.165, 1.54) is 12.1 Å². The second-order valence-electron chi connectivity index (χ2n) is 6.36. The number of aromatic hydroxyl groups is 1. The number of halogens is 1. The van der Waals surface area contributed by atoms with Gasteiger partial charge in [0.25, 0.3) is 0 Å². The maximum absolute atomic E-state index is 12.7. The molecule has 28 heavy (non-hydrogen) atoms. The zero-order valence-electron chi connectivity index (χ0n) is 16.1. The Morgan fingerprint density at radius 1 is 1.25 bits per heavy atom. The average Bonchev–Trinajstić information content (AvgIpc) is 2.64. The minimum atomic E-state index is -0.736. The quantitative estimate of drug-likeness (QED) is 0.345. The third-order valence-electron chi connectivity index (χ3n) is 4.11. The highest BCUT2D eigenvalue weighted by Gasteiger charge is 2.26. The van der Waals surface area contributed by atoms with Crippen molar-refractivity contribution in [3.63, 3.8) is 0 Å². The Morgan fingerprint density at radius 2 is 2.00 bits per heavy atom. The normalized spacial score (nSPS) is 20.6. The van der Waals surface area contributed by atoms with Gasteiger partial charge in [-0.3, -0.25) is 4.79 Å². The first-order valence-electron chi connectivity index (χ1n) is 9.24. The third kappa shape index (κ3) is 6.11. The van der Waals surface area contributed by atoms with Crippen LogP contribution >= 0.6 is 11.6 Å². The molecule has 0 aliphatic carbocycles. The van der Waals surface area contributed by atoms with Crippen molar-refractivity contribution in [3.8, 4) is 11.5 Å². The van der Waals surface area contributed by atoms with Crippen molar-refractivity contribution in [1.29, 1.82) is 0 Å². The van der Waals surface area contributed by atoms with Gasteiger partial charge in [0.2, 0.25) is 0 Å². The number of carbonyl (C=O) groups is 2. The molecule has 2 rings (SSSR count). The average molecular weight is 409 g/mol. The van der Waals surface area contributed by atoms with Crippen LogP contribution in [-0.4, -0.2) is 36.4 Å². The molecular weight excluding hydrogens is 384 g/mol. The smallest absolute Gasteiger partial charge is 0.342 e. The van der Waals surface area contributed by atoms with Crippen LogP contribution in [-0.2, 0) is 20.7 Å². The second-order valence-corrected chi connectivity index (χ2v) is 6.74. The molecule has 152 valence electrons. The molecule has 0 fully saturated rings. The topological polar surface area (TPSA) is 82.1 Å². The molecule has 1 aliphatic rings. The molecule has 0 saturated heterocycles. The van der Waals surface area contributed by atoms with Crippen LogP contribution in [0.3, 0.4) is 0 Å². The minimum Gasteiger partial charge on any atom is -0.507 e. The highest BCUT2D eigenvalue weighted by molar-refractivity contribution is 6.33. The fraction of sp³-hybridized carbons (Fsp3) is 0.429. The summed E-state index contributed by atoms with van der Waals surface area (Å²) in [4.78, 5) is 25.0. The van der Waals surface area contributed by atoms with Gasteiger partial charge in [0.05, 0.1) is 5.02 Å². The third-order valence-corrected chi connectivity index (χ3v) is 4.53. The van der Waals surface area contributed by atoms with Crippen molar-refractivity contribution in [3.05, 3.63) is 46.5 Å². The summed E-state index contributed by atoms with van der Waals surface area (Å²) in [5.74, 6) is -1.21. The predicted molar refractivity (Wildman–Crippen MR) is 106 cm³/mol. The summed E-state index contributed by atoms with van der Waals surface area (Å²) in [6.07, 6.45) is 8.65. The fourth-order valence-electron chi connectivity index (χ4n) is 2.70. The fourth-order valence-corrected chi connectivity index (χ4v) is 2.97. The first-order chi connectivity index (χ1) is 13.4. The number of ketones is 1. The van der Waals surface area contributed by atoms with E-state index in [-0.39, 0.29) is 46.6 Å². The van der Waals surface area contributed by atoms with Crippen LogP contribution in [0.15, 0.2) is 30.4 Å². The number of rotatable bonds is 4. The molecule has 0 unspecified atom stereocenters. The van der Waals surface area contributed by atoms with Crippen LogP contribution in [0.2, 0.25) is 5.02 Å². The van der Waals surface area contributed by atoms with Crippen LogP contribution in [0.5, 0.6) is 11.5 Å². The Balaban J connectivity index is 2.46. The van der Waals surface area contributed by atoms with Crippen molar-refractivity contribution in [1.82, 2.24) is 0 Å². The van der Waals surface area contributed by atoms with Gasteiger partial charge in [-0.15, -0.1) is 0 Å². The van der Waals surface area contributed by atoms with E-state index in [1.807, 2.05) is 19.1 Å². The van der Waals surface area contributed by atoms with Crippen molar-refractivity contribution in [2.45, 2.75) is 45.6 Å². The zero-order valence-corrected chi connectivity index (χ0v) is 16.8. The summed E-state index contributed by atoms with van der Waals surface area (Å²) >= 11 is 6.41. The van der Waals surface area contributed by atoms with Gasteiger partial charge in [-0.2, -0.15) is 0 Å². The Hall–Kier alpha value is -2.31. The number of esters is 1. The van der Waals surface area contributed by atoms with Crippen molar-refractivity contribution < 1.29 is 28.9 Å². The van der Waals surface area contributed by atoms with Gasteiger partial charge in [-0.1, -0.05) is 29.8 Å². The summed E-state index contributed by atoms with van der Waals surface area (Å²) in [6, 6.07) is 1.23. The Kier molecular flexibility index (Phi) is 8.54. The Labute approximate surface area is 169 Å². The Morgan fingerprint density at radius 3 is 2.75 bits per heavy atom. The summed E-state index contributed by atoms with van der Waals surface area (Å²) in [5, 5.41) is 10.5. The molecule has 1 atom stereocenters. The molecule has 0 radical (unpaired) electrons. The molecule has 0 spiro atoms. The van der Waals surface area contributed by atoms with Gasteiger partial charge in [0.1, 0.15) is 23.2 Å². The number of phenols is 1. The van der Waals surface area contributed by atoms with E-state index in [4.69, 9.17) is 25.8 Å². The number of allylic oxidation sites excluding steroid dienone is 3. The summed E-state index contributed by atoms with van der Waals surface area (Å²) < 4.78 is 16.0. The van der Waals surface area contributed by atoms with Gasteiger partial charge in [-0.05, 0) is 32.8 Å². The second kappa shape index (κ2) is 10.9. The molecule has 0 saturated carbocycles. The largest absolute Gasteiger partial charge is 0.507 e. The predicted octanol–water partition coefficient (Wildman–Crippen LogP) is 4.37. The minimum absolute atomic E-state index is 0.0733. The first kappa shape index (κ1) is 22.0. The molecule has 1 aliphatic heterocycles. The molecule has 0 aromatic heterocycles. The lowest BCUT2D eigenvalue weighted by atomic mass is 9.99. The summed E-state index contributed by atoms with van der Waals surface area (Å²) in [6.45, 7) is 3.94. The molecule has 1 aromatic carbocycles. The van der Waals surface area contributed by atoms with Gasteiger partial charge in [0, 0.05) is 31.1 Å². The zero-order chi connectivity index (χ0) is 20.5. The van der Waals surface area contributed by atoms with E-state index >= 15 is 0 Å². The molecule has 0 amide bonds. The number of benzene rings is 1. The number of fused-ring (bicyclic) bond motifs is 1. The lowest BCUT2D eigenvalue weighted by Gasteiger charge is -2.18. The number of cyclic esters (lactones) is 1.